The predicted molar refractivity (Wildman–Crippen MR) is 235 cm³/mol. The molecule has 5 aromatic rings. The molecule has 0 N–H and O–H groups in total. The van der Waals surface area contributed by atoms with E-state index in [1.54, 1.807) is 30.6 Å². The number of likely N-dealkylation sites (N-methyl/N-ethyl adjacent to an activating group) is 2. The molecular formula is C45H52N10O5. The minimum atomic E-state index is -0.397. The first-order valence-corrected chi connectivity index (χ1v) is 20.6. The lowest BCUT2D eigenvalue weighted by Crippen LogP contribution is -2.54. The molecule has 2 saturated heterocycles. The molecule has 0 aliphatic carbocycles. The van der Waals surface area contributed by atoms with E-state index in [9.17, 15) is 25.0 Å². The topological polar surface area (TPSA) is 149 Å². The first kappa shape index (κ1) is 42.0. The molecule has 2 aliphatic rings. The number of aromatic nitrogens is 2. The minimum Gasteiger partial charge on any atom is -0.304 e. The van der Waals surface area contributed by atoms with Crippen LogP contribution >= 0.6 is 0 Å². The largest absolute Gasteiger partial charge is 0.311 e. The molecule has 2 fully saturated rings. The number of hydrogen-bond donors (Lipinski definition) is 0. The number of hydrogen-bond acceptors (Lipinski definition) is 13. The summed E-state index contributed by atoms with van der Waals surface area (Å²) in [7, 11) is 4.18. The number of benzene rings is 3. The van der Waals surface area contributed by atoms with Gasteiger partial charge in [-0.1, -0.05) is 68.4 Å². The zero-order valence-electron chi connectivity index (χ0n) is 34.6. The van der Waals surface area contributed by atoms with E-state index < -0.39 is 4.92 Å². The molecule has 0 saturated carbocycles. The average molecular weight is 813 g/mol. The zero-order chi connectivity index (χ0) is 42.3. The highest BCUT2D eigenvalue weighted by molar-refractivity contribution is 6.02. The van der Waals surface area contributed by atoms with Crippen LogP contribution in [0.15, 0.2) is 103 Å². The van der Waals surface area contributed by atoms with E-state index in [1.807, 2.05) is 70.5 Å². The Morgan fingerprint density at radius 2 is 1.03 bits per heavy atom. The second kappa shape index (κ2) is 18.8. The third-order valence-corrected chi connectivity index (χ3v) is 11.7. The van der Waals surface area contributed by atoms with Crippen molar-refractivity contribution in [1.29, 1.82) is 0 Å². The Labute approximate surface area is 350 Å². The van der Waals surface area contributed by atoms with Gasteiger partial charge in [0, 0.05) is 99.1 Å². The summed E-state index contributed by atoms with van der Waals surface area (Å²) in [5.74, 6) is 0.429. The first-order chi connectivity index (χ1) is 29.2. The van der Waals surface area contributed by atoms with E-state index in [2.05, 4.69) is 52.5 Å². The van der Waals surface area contributed by atoms with Crippen molar-refractivity contribution in [2.75, 3.05) is 76.3 Å². The smallest absolute Gasteiger partial charge is 0.304 e. The van der Waals surface area contributed by atoms with Gasteiger partial charge in [-0.15, -0.1) is 0 Å². The van der Waals surface area contributed by atoms with E-state index in [4.69, 9.17) is 4.98 Å². The normalized spacial score (nSPS) is 16.5. The fraction of sp³-hybridized carbons (Fsp3) is 0.356. The van der Waals surface area contributed by atoms with Crippen molar-refractivity contribution in [3.63, 3.8) is 0 Å². The molecule has 2 atom stereocenters. The highest BCUT2D eigenvalue weighted by Crippen LogP contribution is 2.48. The SMILES string of the molecule is CCC(N1CCN(C)CC1)N(c1ccccc1-c1cccc(C=O)c1-c1ccccc1N(c1ncccc1[N+](=O)[O-])C(CC)N1CCN(C)CC1)c1ncccc1[N+](=O)[O-]. The highest BCUT2D eigenvalue weighted by atomic mass is 16.6. The molecule has 2 unspecified atom stereocenters. The van der Waals surface area contributed by atoms with E-state index in [0.29, 0.717) is 46.5 Å². The summed E-state index contributed by atoms with van der Waals surface area (Å²) < 4.78 is 0. The van der Waals surface area contributed by atoms with Crippen LogP contribution in [0.2, 0.25) is 0 Å². The summed E-state index contributed by atoms with van der Waals surface area (Å²) in [5.41, 5.74) is 4.26. The highest BCUT2D eigenvalue weighted by Gasteiger charge is 2.37. The fourth-order valence-electron chi connectivity index (χ4n) is 8.71. The molecule has 15 heteroatoms. The Morgan fingerprint density at radius 3 is 1.48 bits per heavy atom. The second-order valence-corrected chi connectivity index (χ2v) is 15.3. The van der Waals surface area contributed by atoms with Crippen LogP contribution in [0.1, 0.15) is 37.0 Å². The molecule has 312 valence electrons. The van der Waals surface area contributed by atoms with Crippen LogP contribution in [-0.4, -0.2) is 124 Å². The molecule has 60 heavy (non-hydrogen) atoms. The summed E-state index contributed by atoms with van der Waals surface area (Å²) in [6, 6.07) is 27.2. The molecule has 2 aromatic heterocycles. The van der Waals surface area contributed by atoms with Crippen molar-refractivity contribution in [1.82, 2.24) is 29.6 Å². The number of nitro groups is 2. The number of para-hydroxylation sites is 2. The van der Waals surface area contributed by atoms with E-state index in [1.165, 1.54) is 12.1 Å². The van der Waals surface area contributed by atoms with Gasteiger partial charge in [0.15, 0.2) is 6.29 Å². The van der Waals surface area contributed by atoms with Crippen LogP contribution < -0.4 is 9.80 Å². The van der Waals surface area contributed by atoms with Gasteiger partial charge < -0.3 is 19.6 Å². The van der Waals surface area contributed by atoms with Crippen molar-refractivity contribution < 1.29 is 14.6 Å². The lowest BCUT2D eigenvalue weighted by atomic mass is 9.88. The predicted octanol–water partition coefficient (Wildman–Crippen LogP) is 7.68. The van der Waals surface area contributed by atoms with Gasteiger partial charge in [0.1, 0.15) is 0 Å². The van der Waals surface area contributed by atoms with Crippen molar-refractivity contribution in [3.8, 4) is 22.3 Å². The summed E-state index contributed by atoms with van der Waals surface area (Å²) >= 11 is 0. The van der Waals surface area contributed by atoms with Crippen LogP contribution in [0.4, 0.5) is 34.4 Å². The van der Waals surface area contributed by atoms with Crippen LogP contribution in [0, 0.1) is 20.2 Å². The van der Waals surface area contributed by atoms with E-state index >= 15 is 0 Å². The molecular weight excluding hydrogens is 761 g/mol. The van der Waals surface area contributed by atoms with Crippen LogP contribution in [0.5, 0.6) is 0 Å². The maximum atomic E-state index is 13.3. The fourth-order valence-corrected chi connectivity index (χ4v) is 8.71. The molecule has 3 aromatic carbocycles. The molecule has 0 spiro atoms. The maximum Gasteiger partial charge on any atom is 0.311 e. The maximum absolute atomic E-state index is 13.3. The van der Waals surface area contributed by atoms with Crippen LogP contribution in [-0.2, 0) is 0 Å². The van der Waals surface area contributed by atoms with Gasteiger partial charge in [-0.2, -0.15) is 0 Å². The number of piperazine rings is 2. The molecule has 0 amide bonds. The quantitative estimate of drug-likeness (QED) is 0.0579. The Morgan fingerprint density at radius 1 is 0.600 bits per heavy atom. The van der Waals surface area contributed by atoms with E-state index in [-0.39, 0.29) is 40.3 Å². The first-order valence-electron chi connectivity index (χ1n) is 20.6. The van der Waals surface area contributed by atoms with Gasteiger partial charge in [0.25, 0.3) is 0 Å². The Hall–Kier alpha value is -6.13. The molecule has 15 nitrogen and oxygen atoms in total. The Balaban J connectivity index is 1.48. The number of carbonyl (C=O) groups excluding carboxylic acids is 1. The number of rotatable bonds is 15. The van der Waals surface area contributed by atoms with Gasteiger partial charge >= 0.3 is 11.4 Å². The monoisotopic (exact) mass is 812 g/mol. The van der Waals surface area contributed by atoms with Gasteiger partial charge in [0.2, 0.25) is 11.6 Å². The van der Waals surface area contributed by atoms with Gasteiger partial charge in [0.05, 0.1) is 33.6 Å². The van der Waals surface area contributed by atoms with Crippen molar-refractivity contribution in [3.05, 3.63) is 129 Å². The molecule has 4 heterocycles. The zero-order valence-corrected chi connectivity index (χ0v) is 34.6. The van der Waals surface area contributed by atoms with Gasteiger partial charge in [-0.3, -0.25) is 34.8 Å². The standard InChI is InChI=1S/C45H52N10O5/c1-5-41(50-28-24-48(3)25-29-50)52(44-39(54(57)58)20-12-22-46-44)37-18-9-7-15-34(37)35-17-11-14-33(32-56)43(35)36-16-8-10-19-38(36)53(45-40(55(59)60)21-13-23-47-45)42(6-2)51-30-26-49(4)27-31-51/h7-23,32,41-42H,5-6,24-31H2,1-4H3. The second-order valence-electron chi connectivity index (χ2n) is 15.3. The molecule has 7 rings (SSSR count). The van der Waals surface area contributed by atoms with Gasteiger partial charge in [-0.05, 0) is 56.8 Å². The number of aldehydes is 1. The third-order valence-electron chi connectivity index (χ3n) is 11.7. The van der Waals surface area contributed by atoms with Crippen LogP contribution in [0.25, 0.3) is 22.3 Å². The summed E-state index contributed by atoms with van der Waals surface area (Å²) in [6.07, 6.45) is 4.64. The third kappa shape index (κ3) is 8.47. The molecule has 0 radical (unpaired) electrons. The van der Waals surface area contributed by atoms with Crippen molar-refractivity contribution >= 4 is 40.7 Å². The van der Waals surface area contributed by atoms with Crippen molar-refractivity contribution in [2.24, 2.45) is 0 Å². The van der Waals surface area contributed by atoms with Crippen molar-refractivity contribution in [2.45, 2.75) is 39.0 Å². The summed E-state index contributed by atoms with van der Waals surface area (Å²) in [6.45, 7) is 10.5. The molecule has 2 aliphatic heterocycles. The Kier molecular flexibility index (Phi) is 13.2. The number of nitrogens with zero attached hydrogens (tertiary/aromatic N) is 10. The lowest BCUT2D eigenvalue weighted by Gasteiger charge is -2.44. The number of pyridine rings is 2. The van der Waals surface area contributed by atoms with E-state index in [0.717, 1.165) is 64.2 Å². The number of carbonyl (C=O) groups is 1. The van der Waals surface area contributed by atoms with Crippen LogP contribution in [0.3, 0.4) is 0 Å². The minimum absolute atomic E-state index is 0.116. The summed E-state index contributed by atoms with van der Waals surface area (Å²) in [4.78, 5) is 60.4. The number of anilines is 4. The molecule has 0 bridgehead atoms. The average Bonchev–Trinajstić information content (AvgIpc) is 3.28. The lowest BCUT2D eigenvalue weighted by molar-refractivity contribution is -0.384. The summed E-state index contributed by atoms with van der Waals surface area (Å²) in [5, 5.41) is 25.4. The van der Waals surface area contributed by atoms with Gasteiger partial charge in [-0.25, -0.2) is 9.97 Å². The Bertz CT molecular complexity index is 2310.